The fourth-order valence-corrected chi connectivity index (χ4v) is 2.82. The van der Waals surface area contributed by atoms with Gasteiger partial charge in [-0.2, -0.15) is 13.2 Å². The molecule has 1 fully saturated rings. The Balaban J connectivity index is 2.01. The van der Waals surface area contributed by atoms with Gasteiger partial charge in [-0.3, -0.25) is 10.1 Å². The molecule has 1 saturated carbocycles. The lowest BCUT2D eigenvalue weighted by Gasteiger charge is -2.39. The highest BCUT2D eigenvalue weighted by molar-refractivity contribution is 5.84. The first kappa shape index (κ1) is 15.8. The van der Waals surface area contributed by atoms with Crippen LogP contribution in [0.1, 0.15) is 31.2 Å². The zero-order valence-electron chi connectivity index (χ0n) is 11.6. The van der Waals surface area contributed by atoms with E-state index < -0.39 is 23.5 Å². The van der Waals surface area contributed by atoms with E-state index in [4.69, 9.17) is 5.73 Å². The molecule has 1 aliphatic rings. The largest absolute Gasteiger partial charge is 0.391 e. The van der Waals surface area contributed by atoms with Crippen LogP contribution in [0, 0.1) is 5.92 Å². The van der Waals surface area contributed by atoms with Crippen LogP contribution in [0.15, 0.2) is 30.3 Å². The van der Waals surface area contributed by atoms with E-state index >= 15 is 0 Å². The van der Waals surface area contributed by atoms with Crippen molar-refractivity contribution in [1.82, 2.24) is 5.32 Å². The SMILES string of the molecule is NC(=O)C1(NCc2ccccc2)CCC(C(F)(F)F)CC1. The van der Waals surface area contributed by atoms with E-state index in [1.165, 1.54) is 0 Å². The summed E-state index contributed by atoms with van der Waals surface area (Å²) in [6.45, 7) is 0.417. The lowest BCUT2D eigenvalue weighted by Crippen LogP contribution is -2.57. The van der Waals surface area contributed by atoms with Crippen LogP contribution in [0.3, 0.4) is 0 Å². The third-order valence-electron chi connectivity index (χ3n) is 4.25. The summed E-state index contributed by atoms with van der Waals surface area (Å²) in [7, 11) is 0. The Labute approximate surface area is 121 Å². The molecule has 1 aliphatic carbocycles. The standard InChI is InChI=1S/C15H19F3N2O/c16-15(17,18)12-6-8-14(9-7-12,13(19)21)20-10-11-4-2-1-3-5-11/h1-5,12,20H,6-10H2,(H2,19,21). The Bertz CT molecular complexity index is 479. The van der Waals surface area contributed by atoms with Gasteiger partial charge in [0, 0.05) is 6.54 Å². The van der Waals surface area contributed by atoms with E-state index in [-0.39, 0.29) is 25.7 Å². The number of nitrogens with two attached hydrogens (primary N) is 1. The number of carbonyl (C=O) groups excluding carboxylic acids is 1. The molecule has 0 bridgehead atoms. The van der Waals surface area contributed by atoms with Crippen molar-refractivity contribution in [2.75, 3.05) is 0 Å². The highest BCUT2D eigenvalue weighted by atomic mass is 19.4. The Kier molecular flexibility index (Phi) is 4.56. The summed E-state index contributed by atoms with van der Waals surface area (Å²) in [5.41, 5.74) is 5.38. The molecule has 0 aliphatic heterocycles. The second-order valence-electron chi connectivity index (χ2n) is 5.60. The van der Waals surface area contributed by atoms with Crippen molar-refractivity contribution in [3.8, 4) is 0 Å². The molecular weight excluding hydrogens is 281 g/mol. The summed E-state index contributed by atoms with van der Waals surface area (Å²) in [6.07, 6.45) is -4.07. The average molecular weight is 300 g/mol. The van der Waals surface area contributed by atoms with Crippen molar-refractivity contribution >= 4 is 5.91 Å². The second kappa shape index (κ2) is 6.05. The number of rotatable bonds is 4. The Morgan fingerprint density at radius 2 is 1.81 bits per heavy atom. The predicted octanol–water partition coefficient (Wildman–Crippen LogP) is 2.75. The predicted molar refractivity (Wildman–Crippen MR) is 73.2 cm³/mol. The maximum atomic E-state index is 12.7. The minimum absolute atomic E-state index is 0.0613. The molecule has 6 heteroatoms. The van der Waals surface area contributed by atoms with E-state index in [2.05, 4.69) is 5.32 Å². The summed E-state index contributed by atoms with van der Waals surface area (Å²) < 4.78 is 38.1. The van der Waals surface area contributed by atoms with Crippen LogP contribution in [-0.2, 0) is 11.3 Å². The molecule has 3 nitrogen and oxygen atoms in total. The van der Waals surface area contributed by atoms with Crippen LogP contribution < -0.4 is 11.1 Å². The van der Waals surface area contributed by atoms with Gasteiger partial charge in [-0.25, -0.2) is 0 Å². The molecule has 0 spiro atoms. The second-order valence-corrected chi connectivity index (χ2v) is 5.60. The summed E-state index contributed by atoms with van der Waals surface area (Å²) in [6, 6.07) is 9.40. The summed E-state index contributed by atoms with van der Waals surface area (Å²) in [5, 5.41) is 3.08. The van der Waals surface area contributed by atoms with E-state index in [9.17, 15) is 18.0 Å². The first-order valence-electron chi connectivity index (χ1n) is 6.99. The fourth-order valence-electron chi connectivity index (χ4n) is 2.82. The Morgan fingerprint density at radius 1 is 1.24 bits per heavy atom. The van der Waals surface area contributed by atoms with Gasteiger partial charge in [-0.15, -0.1) is 0 Å². The molecule has 0 heterocycles. The lowest BCUT2D eigenvalue weighted by atomic mass is 9.75. The highest BCUT2D eigenvalue weighted by Gasteiger charge is 2.47. The summed E-state index contributed by atoms with van der Waals surface area (Å²) >= 11 is 0. The minimum atomic E-state index is -4.19. The number of alkyl halides is 3. The number of halogens is 3. The zero-order chi connectivity index (χ0) is 15.5. The molecule has 0 saturated heterocycles. The molecule has 21 heavy (non-hydrogen) atoms. The third-order valence-corrected chi connectivity index (χ3v) is 4.25. The highest BCUT2D eigenvalue weighted by Crippen LogP contribution is 2.41. The molecule has 0 aromatic heterocycles. The molecular formula is C15H19F3N2O. The first-order valence-corrected chi connectivity index (χ1v) is 6.99. The van der Waals surface area contributed by atoms with Gasteiger partial charge >= 0.3 is 6.18 Å². The molecule has 2 rings (SSSR count). The van der Waals surface area contributed by atoms with Gasteiger partial charge in [0.25, 0.3) is 0 Å². The third kappa shape index (κ3) is 3.75. The van der Waals surface area contributed by atoms with Gasteiger partial charge in [0.05, 0.1) is 11.5 Å². The molecule has 1 aromatic carbocycles. The maximum Gasteiger partial charge on any atom is 0.391 e. The van der Waals surface area contributed by atoms with Crippen LogP contribution in [0.4, 0.5) is 13.2 Å². The minimum Gasteiger partial charge on any atom is -0.368 e. The van der Waals surface area contributed by atoms with Crippen LogP contribution in [0.25, 0.3) is 0 Å². The Morgan fingerprint density at radius 3 is 2.29 bits per heavy atom. The van der Waals surface area contributed by atoms with Crippen LogP contribution in [-0.4, -0.2) is 17.6 Å². The first-order chi connectivity index (χ1) is 9.83. The molecule has 0 radical (unpaired) electrons. The van der Waals surface area contributed by atoms with Crippen LogP contribution in [0.2, 0.25) is 0 Å². The Hall–Kier alpha value is -1.56. The number of hydrogen-bond acceptors (Lipinski definition) is 2. The van der Waals surface area contributed by atoms with Gasteiger partial charge in [0.2, 0.25) is 5.91 Å². The van der Waals surface area contributed by atoms with E-state index in [1.807, 2.05) is 30.3 Å². The van der Waals surface area contributed by atoms with Gasteiger partial charge in [-0.1, -0.05) is 30.3 Å². The number of primary amides is 1. The smallest absolute Gasteiger partial charge is 0.368 e. The normalized spacial score (nSPS) is 26.5. The van der Waals surface area contributed by atoms with Crippen molar-refractivity contribution in [1.29, 1.82) is 0 Å². The summed E-state index contributed by atoms with van der Waals surface area (Å²) in [5.74, 6) is -1.90. The van der Waals surface area contributed by atoms with Gasteiger partial charge < -0.3 is 5.73 Å². The zero-order valence-corrected chi connectivity index (χ0v) is 11.6. The van der Waals surface area contributed by atoms with Crippen molar-refractivity contribution in [3.05, 3.63) is 35.9 Å². The number of hydrogen-bond donors (Lipinski definition) is 2. The number of benzene rings is 1. The van der Waals surface area contributed by atoms with E-state index in [1.54, 1.807) is 0 Å². The van der Waals surface area contributed by atoms with Gasteiger partial charge in [-0.05, 0) is 31.2 Å². The van der Waals surface area contributed by atoms with Crippen molar-refractivity contribution in [3.63, 3.8) is 0 Å². The summed E-state index contributed by atoms with van der Waals surface area (Å²) in [4.78, 5) is 11.7. The molecule has 3 N–H and O–H groups in total. The van der Waals surface area contributed by atoms with Gasteiger partial charge in [0.15, 0.2) is 0 Å². The monoisotopic (exact) mass is 300 g/mol. The van der Waals surface area contributed by atoms with Crippen molar-refractivity contribution in [2.45, 2.75) is 43.9 Å². The van der Waals surface area contributed by atoms with Gasteiger partial charge in [0.1, 0.15) is 0 Å². The molecule has 116 valence electrons. The average Bonchev–Trinajstić information content (AvgIpc) is 2.45. The quantitative estimate of drug-likeness (QED) is 0.898. The number of carbonyl (C=O) groups is 1. The molecule has 1 amide bonds. The van der Waals surface area contributed by atoms with E-state index in [0.717, 1.165) is 5.56 Å². The van der Waals surface area contributed by atoms with E-state index in [0.29, 0.717) is 6.54 Å². The number of nitrogens with one attached hydrogen (secondary N) is 1. The molecule has 1 aromatic rings. The van der Waals surface area contributed by atoms with Crippen LogP contribution in [0.5, 0.6) is 0 Å². The van der Waals surface area contributed by atoms with Crippen molar-refractivity contribution < 1.29 is 18.0 Å². The molecule has 0 unspecified atom stereocenters. The number of amides is 1. The fraction of sp³-hybridized carbons (Fsp3) is 0.533. The van der Waals surface area contributed by atoms with Crippen LogP contribution >= 0.6 is 0 Å². The molecule has 0 atom stereocenters. The van der Waals surface area contributed by atoms with Crippen molar-refractivity contribution in [2.24, 2.45) is 11.7 Å². The lowest BCUT2D eigenvalue weighted by molar-refractivity contribution is -0.186. The topological polar surface area (TPSA) is 55.1 Å². The maximum absolute atomic E-state index is 12.7.